The lowest BCUT2D eigenvalue weighted by Gasteiger charge is -2.03. The molecule has 0 bridgehead atoms. The number of phenolic OH excluding ortho intramolecular Hbond substituents is 1. The molecule has 1 N–H and O–H groups in total. The molecule has 5 heteroatoms. The number of halogens is 1. The van der Waals surface area contributed by atoms with Crippen molar-refractivity contribution in [3.63, 3.8) is 0 Å². The maximum absolute atomic E-state index is 9.73. The van der Waals surface area contributed by atoms with Gasteiger partial charge in [0.25, 0.3) is 0 Å². The van der Waals surface area contributed by atoms with E-state index in [2.05, 4.69) is 25.9 Å². The standard InChI is InChI=1S/C13H10BrN3O/c1-17-12(8-4-5-9(14)11(18)7-8)16-10-3-2-6-15-13(10)17/h2-7,18H,1H3. The number of phenols is 1. The predicted molar refractivity (Wildman–Crippen MR) is 73.3 cm³/mol. The van der Waals surface area contributed by atoms with Crippen molar-refractivity contribution in [2.45, 2.75) is 0 Å². The molecular formula is C13H10BrN3O. The first kappa shape index (κ1) is 11.2. The number of nitrogens with zero attached hydrogens (tertiary/aromatic N) is 3. The summed E-state index contributed by atoms with van der Waals surface area (Å²) in [5.41, 5.74) is 2.53. The molecule has 0 fully saturated rings. The Balaban J connectivity index is 2.25. The van der Waals surface area contributed by atoms with Crippen molar-refractivity contribution >= 4 is 27.1 Å². The van der Waals surface area contributed by atoms with Crippen molar-refractivity contribution in [1.29, 1.82) is 0 Å². The maximum atomic E-state index is 9.73. The van der Waals surface area contributed by atoms with Crippen molar-refractivity contribution in [3.05, 3.63) is 41.0 Å². The van der Waals surface area contributed by atoms with Gasteiger partial charge < -0.3 is 9.67 Å². The molecule has 0 aliphatic heterocycles. The van der Waals surface area contributed by atoms with E-state index in [9.17, 15) is 5.11 Å². The molecule has 3 aromatic rings. The Morgan fingerprint density at radius 2 is 2.11 bits per heavy atom. The number of rotatable bonds is 1. The van der Waals surface area contributed by atoms with E-state index in [1.54, 1.807) is 18.3 Å². The molecule has 0 unspecified atom stereocenters. The topological polar surface area (TPSA) is 50.9 Å². The molecular weight excluding hydrogens is 294 g/mol. The minimum Gasteiger partial charge on any atom is -0.507 e. The number of hydrogen-bond donors (Lipinski definition) is 1. The number of benzene rings is 1. The zero-order valence-electron chi connectivity index (χ0n) is 9.63. The van der Waals surface area contributed by atoms with E-state index in [1.165, 1.54) is 0 Å². The summed E-state index contributed by atoms with van der Waals surface area (Å²) in [5, 5.41) is 9.73. The van der Waals surface area contributed by atoms with Gasteiger partial charge in [0.1, 0.15) is 17.1 Å². The van der Waals surface area contributed by atoms with Gasteiger partial charge in [-0.3, -0.25) is 0 Å². The first-order valence-corrected chi connectivity index (χ1v) is 6.22. The molecule has 0 aliphatic rings. The summed E-state index contributed by atoms with van der Waals surface area (Å²) >= 11 is 3.27. The average molecular weight is 304 g/mol. The maximum Gasteiger partial charge on any atom is 0.159 e. The minimum atomic E-state index is 0.201. The number of imidazole rings is 1. The van der Waals surface area contributed by atoms with Crippen LogP contribution in [0.15, 0.2) is 41.0 Å². The highest BCUT2D eigenvalue weighted by atomic mass is 79.9. The molecule has 0 spiro atoms. The number of aromatic nitrogens is 3. The Morgan fingerprint density at radius 3 is 2.83 bits per heavy atom. The third-order valence-electron chi connectivity index (χ3n) is 2.83. The van der Waals surface area contributed by atoms with Gasteiger partial charge in [0.05, 0.1) is 4.47 Å². The first-order chi connectivity index (χ1) is 8.66. The summed E-state index contributed by atoms with van der Waals surface area (Å²) in [5.74, 6) is 0.985. The van der Waals surface area contributed by atoms with E-state index < -0.39 is 0 Å². The van der Waals surface area contributed by atoms with Crippen LogP contribution >= 0.6 is 15.9 Å². The van der Waals surface area contributed by atoms with Crippen molar-refractivity contribution in [2.24, 2.45) is 7.05 Å². The number of aryl methyl sites for hydroxylation is 1. The molecule has 90 valence electrons. The van der Waals surface area contributed by atoms with Gasteiger partial charge in [0, 0.05) is 18.8 Å². The third kappa shape index (κ3) is 1.67. The second-order valence-electron chi connectivity index (χ2n) is 4.01. The molecule has 0 radical (unpaired) electrons. The second kappa shape index (κ2) is 4.10. The lowest BCUT2D eigenvalue weighted by Crippen LogP contribution is -1.93. The third-order valence-corrected chi connectivity index (χ3v) is 3.50. The summed E-state index contributed by atoms with van der Waals surface area (Å²) in [4.78, 5) is 8.82. The van der Waals surface area contributed by atoms with Crippen LogP contribution in [0.3, 0.4) is 0 Å². The smallest absolute Gasteiger partial charge is 0.159 e. The normalized spacial score (nSPS) is 11.0. The molecule has 0 saturated carbocycles. The number of fused-ring (bicyclic) bond motifs is 1. The monoisotopic (exact) mass is 303 g/mol. The van der Waals surface area contributed by atoms with E-state index in [0.29, 0.717) is 4.47 Å². The Bertz CT molecular complexity index is 736. The van der Waals surface area contributed by atoms with Gasteiger partial charge in [-0.1, -0.05) is 0 Å². The molecule has 0 amide bonds. The zero-order valence-corrected chi connectivity index (χ0v) is 11.2. The zero-order chi connectivity index (χ0) is 12.7. The first-order valence-electron chi connectivity index (χ1n) is 5.43. The van der Waals surface area contributed by atoms with Crippen LogP contribution in [0.1, 0.15) is 0 Å². The molecule has 1 aromatic carbocycles. The van der Waals surface area contributed by atoms with Gasteiger partial charge in [0.15, 0.2) is 5.65 Å². The Kier molecular flexibility index (Phi) is 2.56. The van der Waals surface area contributed by atoms with Gasteiger partial charge in [-0.05, 0) is 46.3 Å². The molecule has 0 atom stereocenters. The Morgan fingerprint density at radius 1 is 1.28 bits per heavy atom. The van der Waals surface area contributed by atoms with Crippen molar-refractivity contribution in [1.82, 2.24) is 14.5 Å². The predicted octanol–water partition coefficient (Wildman–Crippen LogP) is 3.10. The van der Waals surface area contributed by atoms with Crippen molar-refractivity contribution < 1.29 is 5.11 Å². The van der Waals surface area contributed by atoms with Crippen molar-refractivity contribution in [2.75, 3.05) is 0 Å². The fraction of sp³-hybridized carbons (Fsp3) is 0.0769. The highest BCUT2D eigenvalue weighted by molar-refractivity contribution is 9.10. The van der Waals surface area contributed by atoms with Crippen LogP contribution in [0.5, 0.6) is 5.75 Å². The van der Waals surface area contributed by atoms with E-state index >= 15 is 0 Å². The van der Waals surface area contributed by atoms with E-state index in [-0.39, 0.29) is 5.75 Å². The number of hydrogen-bond acceptors (Lipinski definition) is 3. The van der Waals surface area contributed by atoms with E-state index in [4.69, 9.17) is 0 Å². The van der Waals surface area contributed by atoms with Crippen LogP contribution in [0.2, 0.25) is 0 Å². The summed E-state index contributed by atoms with van der Waals surface area (Å²) in [7, 11) is 1.91. The fourth-order valence-corrected chi connectivity index (χ4v) is 2.18. The molecule has 2 aromatic heterocycles. The number of aromatic hydroxyl groups is 1. The second-order valence-corrected chi connectivity index (χ2v) is 4.86. The molecule has 18 heavy (non-hydrogen) atoms. The highest BCUT2D eigenvalue weighted by Crippen LogP contribution is 2.30. The summed E-state index contributed by atoms with van der Waals surface area (Å²) in [6.07, 6.45) is 1.74. The van der Waals surface area contributed by atoms with Gasteiger partial charge in [0.2, 0.25) is 0 Å². The fourth-order valence-electron chi connectivity index (χ4n) is 1.93. The summed E-state index contributed by atoms with van der Waals surface area (Å²) in [6.45, 7) is 0. The van der Waals surface area contributed by atoms with E-state index in [0.717, 1.165) is 22.6 Å². The van der Waals surface area contributed by atoms with Gasteiger partial charge in [-0.15, -0.1) is 0 Å². The quantitative estimate of drug-likeness (QED) is 0.751. The molecule has 0 saturated heterocycles. The lowest BCUT2D eigenvalue weighted by molar-refractivity contribution is 0.472. The van der Waals surface area contributed by atoms with Crippen LogP contribution in [-0.4, -0.2) is 19.6 Å². The Hall–Kier alpha value is -1.88. The number of pyridine rings is 1. The largest absolute Gasteiger partial charge is 0.507 e. The van der Waals surface area contributed by atoms with Crippen LogP contribution in [0, 0.1) is 0 Å². The lowest BCUT2D eigenvalue weighted by atomic mass is 10.2. The Labute approximate surface area is 112 Å². The van der Waals surface area contributed by atoms with Gasteiger partial charge >= 0.3 is 0 Å². The molecule has 0 aliphatic carbocycles. The summed E-state index contributed by atoms with van der Waals surface area (Å²) in [6, 6.07) is 9.18. The average Bonchev–Trinajstić information content (AvgIpc) is 2.71. The summed E-state index contributed by atoms with van der Waals surface area (Å²) < 4.78 is 2.58. The van der Waals surface area contributed by atoms with Gasteiger partial charge in [-0.2, -0.15) is 0 Å². The molecule has 3 rings (SSSR count). The van der Waals surface area contributed by atoms with Crippen LogP contribution in [0.4, 0.5) is 0 Å². The SMILES string of the molecule is Cn1c(-c2ccc(Br)c(O)c2)nc2cccnc21. The van der Waals surface area contributed by atoms with Crippen molar-refractivity contribution in [3.8, 4) is 17.1 Å². The van der Waals surface area contributed by atoms with Gasteiger partial charge in [-0.25, -0.2) is 9.97 Å². The highest BCUT2D eigenvalue weighted by Gasteiger charge is 2.11. The van der Waals surface area contributed by atoms with Crippen LogP contribution in [0.25, 0.3) is 22.6 Å². The van der Waals surface area contributed by atoms with Crippen LogP contribution < -0.4 is 0 Å². The molecule has 4 nitrogen and oxygen atoms in total. The van der Waals surface area contributed by atoms with Crippen LogP contribution in [-0.2, 0) is 7.05 Å². The minimum absolute atomic E-state index is 0.201. The van der Waals surface area contributed by atoms with E-state index in [1.807, 2.05) is 29.8 Å². The molecule has 2 heterocycles.